The van der Waals surface area contributed by atoms with Crippen molar-refractivity contribution in [3.63, 3.8) is 0 Å². The lowest BCUT2D eigenvalue weighted by Crippen LogP contribution is -2.45. The van der Waals surface area contributed by atoms with Crippen LogP contribution in [0.15, 0.2) is 0 Å². The summed E-state index contributed by atoms with van der Waals surface area (Å²) < 4.78 is 0. The SMILES string of the molecule is CCC(C)N1CCCCC1CCC(=O)O. The number of rotatable bonds is 5. The topological polar surface area (TPSA) is 40.5 Å². The zero-order chi connectivity index (χ0) is 11.3. The Hall–Kier alpha value is -0.570. The van der Waals surface area contributed by atoms with Gasteiger partial charge in [-0.1, -0.05) is 13.3 Å². The van der Waals surface area contributed by atoms with E-state index in [1.54, 1.807) is 0 Å². The molecule has 15 heavy (non-hydrogen) atoms. The van der Waals surface area contributed by atoms with Crippen molar-refractivity contribution in [1.82, 2.24) is 4.90 Å². The highest BCUT2D eigenvalue weighted by Crippen LogP contribution is 2.23. The lowest BCUT2D eigenvalue weighted by molar-refractivity contribution is -0.137. The van der Waals surface area contributed by atoms with Gasteiger partial charge in [0.15, 0.2) is 0 Å². The molecule has 0 amide bonds. The van der Waals surface area contributed by atoms with Crippen LogP contribution in [0.25, 0.3) is 0 Å². The molecule has 3 nitrogen and oxygen atoms in total. The van der Waals surface area contributed by atoms with Crippen LogP contribution in [0.1, 0.15) is 52.4 Å². The van der Waals surface area contributed by atoms with Gasteiger partial charge in [-0.2, -0.15) is 0 Å². The Bertz CT molecular complexity index is 206. The van der Waals surface area contributed by atoms with Gasteiger partial charge >= 0.3 is 5.97 Å². The first kappa shape index (κ1) is 12.5. The molecule has 2 atom stereocenters. The summed E-state index contributed by atoms with van der Waals surface area (Å²) >= 11 is 0. The quantitative estimate of drug-likeness (QED) is 0.763. The number of piperidine rings is 1. The van der Waals surface area contributed by atoms with Crippen LogP contribution in [0.2, 0.25) is 0 Å². The van der Waals surface area contributed by atoms with Crippen molar-refractivity contribution in [3.05, 3.63) is 0 Å². The fraction of sp³-hybridized carbons (Fsp3) is 0.917. The van der Waals surface area contributed by atoms with Crippen molar-refractivity contribution in [2.24, 2.45) is 0 Å². The number of hydrogen-bond donors (Lipinski definition) is 1. The van der Waals surface area contributed by atoms with Gasteiger partial charge in [0.1, 0.15) is 0 Å². The number of hydrogen-bond acceptors (Lipinski definition) is 2. The summed E-state index contributed by atoms with van der Waals surface area (Å²) in [6, 6.07) is 1.11. The molecule has 88 valence electrons. The average Bonchev–Trinajstić information content (AvgIpc) is 2.25. The second-order valence-electron chi connectivity index (χ2n) is 4.58. The molecular weight excluding hydrogens is 190 g/mol. The van der Waals surface area contributed by atoms with Crippen LogP contribution in [-0.2, 0) is 4.79 Å². The third-order valence-electron chi connectivity index (χ3n) is 3.52. The summed E-state index contributed by atoms with van der Waals surface area (Å²) in [7, 11) is 0. The Morgan fingerprint density at radius 2 is 2.27 bits per heavy atom. The Morgan fingerprint density at radius 3 is 2.87 bits per heavy atom. The average molecular weight is 213 g/mol. The monoisotopic (exact) mass is 213 g/mol. The third kappa shape index (κ3) is 3.82. The standard InChI is InChI=1S/C12H23NO2/c1-3-10(2)13-9-5-4-6-11(13)7-8-12(14)15/h10-11H,3-9H2,1-2H3,(H,14,15). The summed E-state index contributed by atoms with van der Waals surface area (Å²) in [6.45, 7) is 5.60. The Kier molecular flexibility index (Phi) is 5.09. The molecule has 1 fully saturated rings. The van der Waals surface area contributed by atoms with Crippen LogP contribution in [0, 0.1) is 0 Å². The largest absolute Gasteiger partial charge is 0.481 e. The van der Waals surface area contributed by atoms with Gasteiger partial charge in [0.2, 0.25) is 0 Å². The summed E-state index contributed by atoms with van der Waals surface area (Å²) in [5.41, 5.74) is 0. The molecule has 0 aromatic rings. The number of carboxylic acids is 1. The van der Waals surface area contributed by atoms with Gasteiger partial charge in [0.25, 0.3) is 0 Å². The molecule has 0 aromatic heterocycles. The Balaban J connectivity index is 2.45. The molecule has 1 N–H and O–H groups in total. The number of carbonyl (C=O) groups is 1. The molecule has 1 aliphatic heterocycles. The molecule has 2 unspecified atom stereocenters. The van der Waals surface area contributed by atoms with E-state index in [4.69, 9.17) is 5.11 Å². The van der Waals surface area contributed by atoms with Crippen LogP contribution >= 0.6 is 0 Å². The first-order valence-corrected chi connectivity index (χ1v) is 6.12. The summed E-state index contributed by atoms with van der Waals surface area (Å²) in [5.74, 6) is -0.662. The molecule has 1 rings (SSSR count). The van der Waals surface area contributed by atoms with Gasteiger partial charge in [-0.15, -0.1) is 0 Å². The number of nitrogens with zero attached hydrogens (tertiary/aromatic N) is 1. The first-order valence-electron chi connectivity index (χ1n) is 6.12. The van der Waals surface area contributed by atoms with E-state index >= 15 is 0 Å². The van der Waals surface area contributed by atoms with Crippen molar-refractivity contribution in [1.29, 1.82) is 0 Å². The third-order valence-corrected chi connectivity index (χ3v) is 3.52. The van der Waals surface area contributed by atoms with Gasteiger partial charge < -0.3 is 5.11 Å². The fourth-order valence-corrected chi connectivity index (χ4v) is 2.44. The van der Waals surface area contributed by atoms with E-state index in [-0.39, 0.29) is 0 Å². The molecule has 0 radical (unpaired) electrons. The predicted octanol–water partition coefficient (Wildman–Crippen LogP) is 2.50. The molecule has 1 heterocycles. The maximum atomic E-state index is 10.6. The van der Waals surface area contributed by atoms with Crippen LogP contribution in [0.4, 0.5) is 0 Å². The fourth-order valence-electron chi connectivity index (χ4n) is 2.44. The van der Waals surface area contributed by atoms with Crippen LogP contribution in [-0.4, -0.2) is 34.6 Å². The van der Waals surface area contributed by atoms with E-state index in [2.05, 4.69) is 18.7 Å². The highest BCUT2D eigenvalue weighted by atomic mass is 16.4. The zero-order valence-corrected chi connectivity index (χ0v) is 9.91. The normalized spacial score (nSPS) is 25.1. The lowest BCUT2D eigenvalue weighted by Gasteiger charge is -2.39. The summed E-state index contributed by atoms with van der Waals surface area (Å²) in [6.07, 6.45) is 6.00. The van der Waals surface area contributed by atoms with Crippen molar-refractivity contribution in [2.75, 3.05) is 6.54 Å². The molecule has 3 heteroatoms. The summed E-state index contributed by atoms with van der Waals surface area (Å²) in [4.78, 5) is 13.1. The van der Waals surface area contributed by atoms with E-state index in [1.807, 2.05) is 0 Å². The molecule has 0 aromatic carbocycles. The van der Waals surface area contributed by atoms with E-state index < -0.39 is 5.97 Å². The van der Waals surface area contributed by atoms with Gasteiger partial charge in [0.05, 0.1) is 0 Å². The van der Waals surface area contributed by atoms with Crippen LogP contribution < -0.4 is 0 Å². The Labute approximate surface area is 92.5 Å². The number of carboxylic acid groups (broad SMARTS) is 1. The van der Waals surface area contributed by atoms with Crippen molar-refractivity contribution < 1.29 is 9.90 Å². The first-order chi connectivity index (χ1) is 7.15. The van der Waals surface area contributed by atoms with Crippen molar-refractivity contribution in [2.45, 2.75) is 64.5 Å². The molecule has 1 aliphatic rings. The van der Waals surface area contributed by atoms with Crippen LogP contribution in [0.5, 0.6) is 0 Å². The van der Waals surface area contributed by atoms with Crippen molar-refractivity contribution >= 4 is 5.97 Å². The van der Waals surface area contributed by atoms with Crippen LogP contribution in [0.3, 0.4) is 0 Å². The van der Waals surface area contributed by atoms with E-state index in [1.165, 1.54) is 19.3 Å². The highest BCUT2D eigenvalue weighted by Gasteiger charge is 2.25. The molecule has 0 bridgehead atoms. The molecular formula is C12H23NO2. The minimum Gasteiger partial charge on any atom is -0.481 e. The van der Waals surface area contributed by atoms with Gasteiger partial charge in [0, 0.05) is 18.5 Å². The Morgan fingerprint density at radius 1 is 1.53 bits per heavy atom. The maximum Gasteiger partial charge on any atom is 0.303 e. The minimum atomic E-state index is -0.662. The number of aliphatic carboxylic acids is 1. The minimum absolute atomic E-state index is 0.317. The second kappa shape index (κ2) is 6.11. The van der Waals surface area contributed by atoms with E-state index in [0.717, 1.165) is 19.4 Å². The van der Waals surface area contributed by atoms with E-state index in [9.17, 15) is 4.79 Å². The molecule has 0 spiro atoms. The van der Waals surface area contributed by atoms with E-state index in [0.29, 0.717) is 18.5 Å². The van der Waals surface area contributed by atoms with Gasteiger partial charge in [-0.05, 0) is 39.2 Å². The van der Waals surface area contributed by atoms with Gasteiger partial charge in [-0.25, -0.2) is 0 Å². The maximum absolute atomic E-state index is 10.6. The molecule has 0 saturated carbocycles. The molecule has 0 aliphatic carbocycles. The lowest BCUT2D eigenvalue weighted by atomic mass is 9.95. The molecule has 1 saturated heterocycles. The second-order valence-corrected chi connectivity index (χ2v) is 4.58. The van der Waals surface area contributed by atoms with Gasteiger partial charge in [-0.3, -0.25) is 9.69 Å². The number of likely N-dealkylation sites (tertiary alicyclic amines) is 1. The van der Waals surface area contributed by atoms with Crippen molar-refractivity contribution in [3.8, 4) is 0 Å². The predicted molar refractivity (Wildman–Crippen MR) is 61.0 cm³/mol. The zero-order valence-electron chi connectivity index (χ0n) is 9.91. The smallest absolute Gasteiger partial charge is 0.303 e. The highest BCUT2D eigenvalue weighted by molar-refractivity contribution is 5.66. The summed E-state index contributed by atoms with van der Waals surface area (Å²) in [5, 5.41) is 8.71.